The maximum atomic E-state index is 12.5. The van der Waals surface area contributed by atoms with Crippen molar-refractivity contribution in [2.45, 2.75) is 66.0 Å². The Morgan fingerprint density at radius 1 is 1.27 bits per heavy atom. The average Bonchev–Trinajstić information content (AvgIpc) is 2.42. The van der Waals surface area contributed by atoms with Crippen molar-refractivity contribution in [1.29, 1.82) is 0 Å². The van der Waals surface area contributed by atoms with Gasteiger partial charge >= 0.3 is 6.03 Å². The second-order valence-electron chi connectivity index (χ2n) is 6.79. The number of urea groups is 1. The van der Waals surface area contributed by atoms with Gasteiger partial charge in [-0.1, -0.05) is 20.8 Å². The summed E-state index contributed by atoms with van der Waals surface area (Å²) in [6.07, 6.45) is 3.28. The van der Waals surface area contributed by atoms with Crippen LogP contribution in [0.3, 0.4) is 0 Å². The first kappa shape index (κ1) is 19.3. The number of carbonyl (C=O) groups is 1. The fourth-order valence-corrected chi connectivity index (χ4v) is 4.50. The third-order valence-corrected chi connectivity index (χ3v) is 6.68. The number of nitrogens with zero attached hydrogens (tertiary/aromatic N) is 1. The Morgan fingerprint density at radius 2 is 1.91 bits per heavy atom. The highest BCUT2D eigenvalue weighted by molar-refractivity contribution is 7.91. The lowest BCUT2D eigenvalue weighted by Crippen LogP contribution is -2.52. The fraction of sp³-hybridized carbons (Fsp3) is 0.938. The average molecular weight is 333 g/mol. The molecule has 0 heterocycles. The summed E-state index contributed by atoms with van der Waals surface area (Å²) in [7, 11) is -3.08. The molecule has 5 nitrogen and oxygen atoms in total. The molecule has 0 radical (unpaired) electrons. The molecule has 4 atom stereocenters. The minimum Gasteiger partial charge on any atom is -0.335 e. The highest BCUT2D eigenvalue weighted by Gasteiger charge is 2.29. The standard InChI is InChI=1S/C16H32N2O3S/c1-6-18(14(5)11-22(20,21)7-2)16(19)17-15-9-8-12(3)10-13(15)4/h12-15H,6-11H2,1-5H3,(H,17,19)/t12-,13+,14+,15+/m0/s1. The molecule has 0 unspecified atom stereocenters. The van der Waals surface area contributed by atoms with Gasteiger partial charge in [-0.2, -0.15) is 0 Å². The zero-order valence-electron chi connectivity index (χ0n) is 14.6. The first-order chi connectivity index (χ1) is 10.2. The summed E-state index contributed by atoms with van der Waals surface area (Å²) in [4.78, 5) is 14.1. The maximum absolute atomic E-state index is 12.5. The van der Waals surface area contributed by atoms with Gasteiger partial charge in [-0.15, -0.1) is 0 Å². The molecule has 2 amide bonds. The van der Waals surface area contributed by atoms with Gasteiger partial charge in [0.2, 0.25) is 0 Å². The van der Waals surface area contributed by atoms with Crippen molar-refractivity contribution in [3.63, 3.8) is 0 Å². The Bertz CT molecular complexity index is 464. The van der Waals surface area contributed by atoms with Crippen molar-refractivity contribution in [2.75, 3.05) is 18.1 Å². The predicted octanol–water partition coefficient (Wildman–Crippen LogP) is 2.67. The van der Waals surface area contributed by atoms with Crippen molar-refractivity contribution in [3.05, 3.63) is 0 Å². The van der Waals surface area contributed by atoms with E-state index in [1.165, 1.54) is 0 Å². The third-order valence-electron chi connectivity index (χ3n) is 4.81. The monoisotopic (exact) mass is 332 g/mol. The molecule has 1 N–H and O–H groups in total. The molecule has 0 bridgehead atoms. The first-order valence-corrected chi connectivity index (χ1v) is 10.3. The minimum absolute atomic E-state index is 0.0298. The van der Waals surface area contributed by atoms with Crippen LogP contribution in [0.15, 0.2) is 0 Å². The Labute approximate surface area is 135 Å². The van der Waals surface area contributed by atoms with Crippen molar-refractivity contribution >= 4 is 15.9 Å². The van der Waals surface area contributed by atoms with Crippen LogP contribution < -0.4 is 5.32 Å². The summed E-state index contributed by atoms with van der Waals surface area (Å²) in [5.74, 6) is 1.34. The summed E-state index contributed by atoms with van der Waals surface area (Å²) in [5, 5.41) is 3.12. The molecule has 0 aromatic heterocycles. The lowest BCUT2D eigenvalue weighted by molar-refractivity contribution is 0.166. The van der Waals surface area contributed by atoms with Gasteiger partial charge in [-0.05, 0) is 44.9 Å². The van der Waals surface area contributed by atoms with Crippen LogP contribution in [-0.2, 0) is 9.84 Å². The van der Waals surface area contributed by atoms with Crippen LogP contribution in [0.2, 0.25) is 0 Å². The number of carbonyl (C=O) groups excluding carboxylic acids is 1. The van der Waals surface area contributed by atoms with Crippen LogP contribution in [-0.4, -0.2) is 49.5 Å². The van der Waals surface area contributed by atoms with Gasteiger partial charge < -0.3 is 10.2 Å². The Hall–Kier alpha value is -0.780. The lowest BCUT2D eigenvalue weighted by atomic mass is 9.80. The molecule has 6 heteroatoms. The van der Waals surface area contributed by atoms with Crippen LogP contribution in [0.1, 0.15) is 53.9 Å². The molecule has 0 aromatic carbocycles. The molecule has 130 valence electrons. The number of rotatable bonds is 6. The summed E-state index contributed by atoms with van der Waals surface area (Å²) in [5.41, 5.74) is 0. The highest BCUT2D eigenvalue weighted by Crippen LogP contribution is 2.28. The summed E-state index contributed by atoms with van der Waals surface area (Å²) < 4.78 is 23.5. The van der Waals surface area contributed by atoms with Crippen LogP contribution in [0.5, 0.6) is 0 Å². The molecule has 1 saturated carbocycles. The molecule has 22 heavy (non-hydrogen) atoms. The van der Waals surface area contributed by atoms with Crippen molar-refractivity contribution in [1.82, 2.24) is 10.2 Å². The van der Waals surface area contributed by atoms with E-state index in [-0.39, 0.29) is 29.6 Å². The van der Waals surface area contributed by atoms with E-state index in [2.05, 4.69) is 19.2 Å². The quantitative estimate of drug-likeness (QED) is 0.813. The first-order valence-electron chi connectivity index (χ1n) is 8.47. The van der Waals surface area contributed by atoms with Gasteiger partial charge in [0.15, 0.2) is 9.84 Å². The molecular weight excluding hydrogens is 300 g/mol. The van der Waals surface area contributed by atoms with Crippen LogP contribution >= 0.6 is 0 Å². The number of sulfone groups is 1. The van der Waals surface area contributed by atoms with Gasteiger partial charge in [-0.25, -0.2) is 13.2 Å². The normalized spacial score (nSPS) is 27.2. The number of nitrogens with one attached hydrogen (secondary N) is 1. The molecule has 0 spiro atoms. The van der Waals surface area contributed by atoms with E-state index >= 15 is 0 Å². The van der Waals surface area contributed by atoms with Gasteiger partial charge in [-0.3, -0.25) is 0 Å². The topological polar surface area (TPSA) is 66.5 Å². The molecule has 1 fully saturated rings. The highest BCUT2D eigenvalue weighted by atomic mass is 32.2. The lowest BCUT2D eigenvalue weighted by Gasteiger charge is -2.36. The van der Waals surface area contributed by atoms with Gasteiger partial charge in [0.05, 0.1) is 5.75 Å². The molecule has 1 aliphatic rings. The Balaban J connectivity index is 2.64. The minimum atomic E-state index is -3.08. The van der Waals surface area contributed by atoms with Gasteiger partial charge in [0, 0.05) is 24.4 Å². The van der Waals surface area contributed by atoms with E-state index in [0.717, 1.165) is 25.2 Å². The summed E-state index contributed by atoms with van der Waals surface area (Å²) >= 11 is 0. The summed E-state index contributed by atoms with van der Waals surface area (Å²) in [6.45, 7) is 10.3. The number of amides is 2. The number of hydrogen-bond donors (Lipinski definition) is 1. The van der Waals surface area contributed by atoms with Crippen molar-refractivity contribution in [3.8, 4) is 0 Å². The molecule has 0 saturated heterocycles. The van der Waals surface area contributed by atoms with Crippen LogP contribution in [0.25, 0.3) is 0 Å². The second-order valence-corrected chi connectivity index (χ2v) is 9.18. The van der Waals surface area contributed by atoms with E-state index in [1.807, 2.05) is 13.8 Å². The predicted molar refractivity (Wildman–Crippen MR) is 90.7 cm³/mol. The second kappa shape index (κ2) is 8.18. The van der Waals surface area contributed by atoms with E-state index in [9.17, 15) is 13.2 Å². The van der Waals surface area contributed by atoms with E-state index in [1.54, 1.807) is 11.8 Å². The molecule has 0 aromatic rings. The Kier molecular flexibility index (Phi) is 7.16. The van der Waals surface area contributed by atoms with Gasteiger partial charge in [0.25, 0.3) is 0 Å². The SMILES string of the molecule is CCN(C(=O)N[C@@H]1CC[C@H](C)C[C@H]1C)[C@H](C)CS(=O)(=O)CC. The van der Waals surface area contributed by atoms with Gasteiger partial charge in [0.1, 0.15) is 0 Å². The smallest absolute Gasteiger partial charge is 0.317 e. The van der Waals surface area contributed by atoms with E-state index < -0.39 is 9.84 Å². The van der Waals surface area contributed by atoms with Crippen LogP contribution in [0, 0.1) is 11.8 Å². The summed E-state index contributed by atoms with van der Waals surface area (Å²) in [6, 6.07) is -0.229. The zero-order valence-corrected chi connectivity index (χ0v) is 15.4. The maximum Gasteiger partial charge on any atom is 0.317 e. The van der Waals surface area contributed by atoms with E-state index in [4.69, 9.17) is 0 Å². The van der Waals surface area contributed by atoms with E-state index in [0.29, 0.717) is 12.5 Å². The molecule has 0 aliphatic heterocycles. The molecule has 1 rings (SSSR count). The largest absolute Gasteiger partial charge is 0.335 e. The fourth-order valence-electron chi connectivity index (χ4n) is 3.35. The zero-order chi connectivity index (χ0) is 16.9. The molecular formula is C16H32N2O3S. The number of hydrogen-bond acceptors (Lipinski definition) is 3. The van der Waals surface area contributed by atoms with Crippen molar-refractivity contribution < 1.29 is 13.2 Å². The Morgan fingerprint density at radius 3 is 2.41 bits per heavy atom. The van der Waals surface area contributed by atoms with Crippen LogP contribution in [0.4, 0.5) is 4.79 Å². The molecule has 1 aliphatic carbocycles. The third kappa shape index (κ3) is 5.45. The van der Waals surface area contributed by atoms with Crippen molar-refractivity contribution in [2.24, 2.45) is 11.8 Å².